The molecule has 1 rings (SSSR count). The van der Waals surface area contributed by atoms with Crippen LogP contribution in [0.5, 0.6) is 0 Å². The molecule has 0 N–H and O–H groups in total. The molecule has 0 aliphatic heterocycles. The minimum absolute atomic E-state index is 0.352. The normalized spacial score (nSPS) is 22.0. The highest BCUT2D eigenvalue weighted by atomic mass is 16.4. The van der Waals surface area contributed by atoms with Crippen molar-refractivity contribution in [3.63, 3.8) is 0 Å². The summed E-state index contributed by atoms with van der Waals surface area (Å²) >= 11 is 0. The lowest BCUT2D eigenvalue weighted by Gasteiger charge is -2.20. The molecule has 0 aromatic rings. The van der Waals surface area contributed by atoms with Gasteiger partial charge in [0.1, 0.15) is 0 Å². The molecule has 1 saturated carbocycles. The molecular weight excluding hydrogens is 178 g/mol. The molecule has 0 saturated heterocycles. The van der Waals surface area contributed by atoms with Crippen molar-refractivity contribution < 1.29 is 9.90 Å². The molecule has 1 fully saturated rings. The largest absolute Gasteiger partial charge is 0.549 e. The second-order valence-corrected chi connectivity index (χ2v) is 4.10. The molecule has 14 heavy (non-hydrogen) atoms. The maximum atomic E-state index is 10.6. The molecule has 0 aromatic carbocycles. The Bertz CT molecular complexity index is 229. The van der Waals surface area contributed by atoms with Gasteiger partial charge in [0.05, 0.1) is 0 Å². The summed E-state index contributed by atoms with van der Waals surface area (Å²) in [5.74, 6) is -1.57. The van der Waals surface area contributed by atoms with Crippen LogP contribution in [0.2, 0.25) is 0 Å². The Balaban J connectivity index is 2.52. The van der Waals surface area contributed by atoms with Gasteiger partial charge in [-0.1, -0.05) is 26.2 Å². The fourth-order valence-corrected chi connectivity index (χ4v) is 1.78. The summed E-state index contributed by atoms with van der Waals surface area (Å²) in [6.45, 7) is 3.42. The predicted molar refractivity (Wildman–Crippen MR) is 54.2 cm³/mol. The van der Waals surface area contributed by atoms with Gasteiger partial charge in [-0.15, -0.1) is 0 Å². The fraction of sp³-hybridized carbons (Fsp3) is 0.818. The van der Waals surface area contributed by atoms with Gasteiger partial charge in [0.15, 0.2) is 0 Å². The Kier molecular flexibility index (Phi) is 4.11. The maximum Gasteiger partial charge on any atom is 0.0499 e. The van der Waals surface area contributed by atoms with Gasteiger partial charge in [-0.05, 0) is 19.8 Å². The SMILES string of the molecule is CC(=NC1CCCCC1)C(C)C(=O)[O-]. The Hall–Kier alpha value is -0.860. The van der Waals surface area contributed by atoms with E-state index < -0.39 is 11.9 Å². The van der Waals surface area contributed by atoms with Crippen LogP contribution in [0.15, 0.2) is 4.99 Å². The average Bonchev–Trinajstić information content (AvgIpc) is 2.18. The van der Waals surface area contributed by atoms with E-state index in [1.54, 1.807) is 13.8 Å². The lowest BCUT2D eigenvalue weighted by atomic mass is 9.95. The molecule has 3 heteroatoms. The van der Waals surface area contributed by atoms with E-state index in [0.717, 1.165) is 12.8 Å². The number of carbonyl (C=O) groups is 1. The number of aliphatic imine (C=N–C) groups is 1. The van der Waals surface area contributed by atoms with Gasteiger partial charge >= 0.3 is 0 Å². The van der Waals surface area contributed by atoms with Crippen molar-refractivity contribution in [1.82, 2.24) is 0 Å². The van der Waals surface area contributed by atoms with Crippen LogP contribution < -0.4 is 5.11 Å². The van der Waals surface area contributed by atoms with Crippen molar-refractivity contribution in [2.75, 3.05) is 0 Å². The van der Waals surface area contributed by atoms with Crippen molar-refractivity contribution in [3.05, 3.63) is 0 Å². The van der Waals surface area contributed by atoms with Gasteiger partial charge in [-0.25, -0.2) is 0 Å². The number of carboxylic acids is 1. The fourth-order valence-electron chi connectivity index (χ4n) is 1.78. The number of rotatable bonds is 3. The summed E-state index contributed by atoms with van der Waals surface area (Å²) in [6, 6.07) is 0.352. The zero-order valence-corrected chi connectivity index (χ0v) is 8.95. The van der Waals surface area contributed by atoms with E-state index in [9.17, 15) is 9.90 Å². The first-order valence-electron chi connectivity index (χ1n) is 5.36. The number of carbonyl (C=O) groups excluding carboxylic acids is 1. The minimum Gasteiger partial charge on any atom is -0.549 e. The van der Waals surface area contributed by atoms with Gasteiger partial charge in [-0.3, -0.25) is 4.99 Å². The molecule has 0 heterocycles. The van der Waals surface area contributed by atoms with Crippen LogP contribution in [0.1, 0.15) is 46.0 Å². The van der Waals surface area contributed by atoms with Crippen LogP contribution in [-0.4, -0.2) is 17.7 Å². The van der Waals surface area contributed by atoms with E-state index in [1.165, 1.54) is 19.3 Å². The Morgan fingerprint density at radius 1 is 1.36 bits per heavy atom. The van der Waals surface area contributed by atoms with Crippen molar-refractivity contribution in [2.45, 2.75) is 52.0 Å². The van der Waals surface area contributed by atoms with Crippen molar-refractivity contribution in [2.24, 2.45) is 10.9 Å². The van der Waals surface area contributed by atoms with Crippen LogP contribution in [0.4, 0.5) is 0 Å². The summed E-state index contributed by atoms with van der Waals surface area (Å²) in [7, 11) is 0. The molecular formula is C11H18NO2-. The smallest absolute Gasteiger partial charge is 0.0499 e. The monoisotopic (exact) mass is 196 g/mol. The number of hydrogen-bond donors (Lipinski definition) is 0. The summed E-state index contributed by atoms with van der Waals surface area (Å²) in [6.07, 6.45) is 5.96. The predicted octanol–water partition coefficient (Wildman–Crippen LogP) is 1.17. The Morgan fingerprint density at radius 3 is 2.43 bits per heavy atom. The number of aliphatic carboxylic acids is 1. The lowest BCUT2D eigenvalue weighted by molar-refractivity contribution is -0.308. The lowest BCUT2D eigenvalue weighted by Crippen LogP contribution is -2.34. The zero-order chi connectivity index (χ0) is 10.6. The summed E-state index contributed by atoms with van der Waals surface area (Å²) < 4.78 is 0. The minimum atomic E-state index is -1.03. The first-order chi connectivity index (χ1) is 6.61. The summed E-state index contributed by atoms with van der Waals surface area (Å²) in [5.41, 5.74) is 0.705. The van der Waals surface area contributed by atoms with Crippen LogP contribution >= 0.6 is 0 Å². The van der Waals surface area contributed by atoms with Crippen LogP contribution in [-0.2, 0) is 4.79 Å². The van der Waals surface area contributed by atoms with E-state index in [-0.39, 0.29) is 0 Å². The molecule has 0 bridgehead atoms. The zero-order valence-electron chi connectivity index (χ0n) is 8.95. The number of carboxylic acid groups (broad SMARTS) is 1. The third kappa shape index (κ3) is 3.13. The molecule has 0 amide bonds. The molecule has 1 aliphatic rings. The average molecular weight is 196 g/mol. The van der Waals surface area contributed by atoms with Gasteiger partial charge in [0.2, 0.25) is 0 Å². The highest BCUT2D eigenvalue weighted by Gasteiger charge is 2.14. The standard InChI is InChI=1S/C11H19NO2/c1-8(11(13)14)9(2)12-10-6-4-3-5-7-10/h8,10H,3-7H2,1-2H3,(H,13,14)/p-1. The number of nitrogens with zero attached hydrogens (tertiary/aromatic N) is 1. The summed E-state index contributed by atoms with van der Waals surface area (Å²) in [4.78, 5) is 15.0. The number of hydrogen-bond acceptors (Lipinski definition) is 3. The van der Waals surface area contributed by atoms with Crippen LogP contribution in [0.3, 0.4) is 0 Å². The molecule has 0 radical (unpaired) electrons. The van der Waals surface area contributed by atoms with Crippen LogP contribution in [0, 0.1) is 5.92 Å². The second kappa shape index (κ2) is 5.13. The molecule has 1 aliphatic carbocycles. The van der Waals surface area contributed by atoms with E-state index in [1.807, 2.05) is 0 Å². The quantitative estimate of drug-likeness (QED) is 0.636. The maximum absolute atomic E-state index is 10.6. The van der Waals surface area contributed by atoms with Crippen molar-refractivity contribution in [1.29, 1.82) is 0 Å². The van der Waals surface area contributed by atoms with Crippen molar-refractivity contribution >= 4 is 11.7 Å². The molecule has 1 atom stereocenters. The first-order valence-corrected chi connectivity index (χ1v) is 5.36. The third-order valence-electron chi connectivity index (χ3n) is 2.94. The first kappa shape index (κ1) is 11.2. The van der Waals surface area contributed by atoms with E-state index in [4.69, 9.17) is 0 Å². The highest BCUT2D eigenvalue weighted by Crippen LogP contribution is 2.20. The second-order valence-electron chi connectivity index (χ2n) is 4.10. The van der Waals surface area contributed by atoms with Gasteiger partial charge in [-0.2, -0.15) is 0 Å². The highest BCUT2D eigenvalue weighted by molar-refractivity contribution is 5.99. The van der Waals surface area contributed by atoms with Crippen LogP contribution in [0.25, 0.3) is 0 Å². The van der Waals surface area contributed by atoms with Gasteiger partial charge < -0.3 is 9.90 Å². The third-order valence-corrected chi connectivity index (χ3v) is 2.94. The van der Waals surface area contributed by atoms with E-state index >= 15 is 0 Å². The molecule has 0 spiro atoms. The topological polar surface area (TPSA) is 52.5 Å². The molecule has 80 valence electrons. The Morgan fingerprint density at radius 2 is 1.93 bits per heavy atom. The molecule has 1 unspecified atom stereocenters. The molecule has 0 aromatic heterocycles. The van der Waals surface area contributed by atoms with Crippen molar-refractivity contribution in [3.8, 4) is 0 Å². The van der Waals surface area contributed by atoms with Gasteiger partial charge in [0.25, 0.3) is 0 Å². The molecule has 3 nitrogen and oxygen atoms in total. The van der Waals surface area contributed by atoms with E-state index in [2.05, 4.69) is 4.99 Å². The van der Waals surface area contributed by atoms with Gasteiger partial charge in [0, 0.05) is 23.6 Å². The Labute approximate surface area is 85.2 Å². The van der Waals surface area contributed by atoms with E-state index in [0.29, 0.717) is 11.8 Å². The summed E-state index contributed by atoms with van der Waals surface area (Å²) in [5, 5.41) is 10.6.